The fourth-order valence-electron chi connectivity index (χ4n) is 4.15. The number of nitrogens with zero attached hydrogens (tertiary/aromatic N) is 6. The van der Waals surface area contributed by atoms with Gasteiger partial charge in [0.05, 0.1) is 17.0 Å². The number of nitriles is 2. The average molecular weight is 451 g/mol. The van der Waals surface area contributed by atoms with E-state index in [9.17, 15) is 14.9 Å². The first-order chi connectivity index (χ1) is 15.8. The zero-order chi connectivity index (χ0) is 24.0. The topological polar surface area (TPSA) is 159 Å². The zero-order valence-electron chi connectivity index (χ0n) is 18.3. The lowest BCUT2D eigenvalue weighted by atomic mass is 9.83. The maximum atomic E-state index is 12.9. The Morgan fingerprint density at radius 3 is 2.64 bits per heavy atom. The molecule has 1 fully saturated rings. The molecule has 0 aliphatic carbocycles. The van der Waals surface area contributed by atoms with Crippen LogP contribution in [-0.4, -0.2) is 73.9 Å². The van der Waals surface area contributed by atoms with Gasteiger partial charge in [-0.15, -0.1) is 0 Å². The summed E-state index contributed by atoms with van der Waals surface area (Å²) in [4.78, 5) is 44.8. The van der Waals surface area contributed by atoms with E-state index in [1.807, 2.05) is 17.6 Å². The second-order valence-electron chi connectivity index (χ2n) is 8.30. The number of carbonyl (C=O) groups excluding carboxylic acids is 2. The van der Waals surface area contributed by atoms with Crippen LogP contribution in [0.25, 0.3) is 0 Å². The molecule has 2 aliphatic rings. The summed E-state index contributed by atoms with van der Waals surface area (Å²) in [6.07, 6.45) is 5.43. The number of hydrogen-bond acceptors (Lipinski definition) is 6. The summed E-state index contributed by atoms with van der Waals surface area (Å²) >= 11 is 0. The monoisotopic (exact) mass is 451 g/mol. The number of carbonyl (C=O) groups is 3. The number of piperidine rings is 1. The van der Waals surface area contributed by atoms with Crippen molar-refractivity contribution in [2.45, 2.75) is 32.7 Å². The Hall–Kier alpha value is -4.12. The summed E-state index contributed by atoms with van der Waals surface area (Å²) in [5, 5.41) is 25.2. The third-order valence-corrected chi connectivity index (χ3v) is 5.88. The summed E-state index contributed by atoms with van der Waals surface area (Å²) in [5.74, 6) is 0.487. The van der Waals surface area contributed by atoms with E-state index in [0.717, 1.165) is 18.7 Å². The van der Waals surface area contributed by atoms with Gasteiger partial charge in [-0.1, -0.05) is 0 Å². The highest BCUT2D eigenvalue weighted by atomic mass is 16.3. The number of H-pyrrole nitrogens is 1. The molecule has 2 aliphatic heterocycles. The molecule has 11 nitrogen and oxygen atoms in total. The molecule has 0 spiro atoms. The lowest BCUT2D eigenvalue weighted by molar-refractivity contribution is -0.122. The number of fused-ring (bicyclic) bond motifs is 1. The molecule has 1 atom stereocenters. The smallest absolute Gasteiger partial charge is 0.290 e. The van der Waals surface area contributed by atoms with Gasteiger partial charge in [-0.3, -0.25) is 14.4 Å². The predicted molar refractivity (Wildman–Crippen MR) is 115 cm³/mol. The molecule has 0 saturated carbocycles. The van der Waals surface area contributed by atoms with Crippen LogP contribution in [0.15, 0.2) is 18.5 Å². The summed E-state index contributed by atoms with van der Waals surface area (Å²) in [6, 6.07) is 5.89. The summed E-state index contributed by atoms with van der Waals surface area (Å²) in [7, 11) is 0. The third-order valence-electron chi connectivity index (χ3n) is 5.88. The van der Waals surface area contributed by atoms with E-state index in [-0.39, 0.29) is 18.3 Å². The molecule has 2 aromatic rings. The molecular formula is C22H25N7O4. The van der Waals surface area contributed by atoms with E-state index in [1.54, 1.807) is 22.1 Å². The highest BCUT2D eigenvalue weighted by Crippen LogP contribution is 2.29. The van der Waals surface area contributed by atoms with Crippen molar-refractivity contribution in [3.8, 4) is 12.1 Å². The molecule has 33 heavy (non-hydrogen) atoms. The van der Waals surface area contributed by atoms with Crippen molar-refractivity contribution in [2.75, 3.05) is 26.2 Å². The van der Waals surface area contributed by atoms with Gasteiger partial charge in [0.15, 0.2) is 0 Å². The number of aromatic amines is 1. The Kier molecular flexibility index (Phi) is 7.13. The number of imidazole rings is 1. The Morgan fingerprint density at radius 2 is 1.97 bits per heavy atom. The Labute approximate surface area is 190 Å². The van der Waals surface area contributed by atoms with Gasteiger partial charge in [0.2, 0.25) is 0 Å². The number of hydrogen-bond donors (Lipinski definition) is 2. The second-order valence-corrected chi connectivity index (χ2v) is 8.30. The van der Waals surface area contributed by atoms with Crippen molar-refractivity contribution in [1.29, 1.82) is 10.5 Å². The van der Waals surface area contributed by atoms with Gasteiger partial charge >= 0.3 is 0 Å². The van der Waals surface area contributed by atoms with Gasteiger partial charge in [-0.05, 0) is 25.8 Å². The van der Waals surface area contributed by atoms with Crippen molar-refractivity contribution in [3.05, 3.63) is 41.2 Å². The quantitative estimate of drug-likeness (QED) is 0.650. The number of nitrogens with one attached hydrogen (secondary N) is 1. The number of rotatable bonds is 2. The maximum Gasteiger partial charge on any atom is 0.290 e. The predicted octanol–water partition coefficient (Wildman–Crippen LogP) is 1.25. The van der Waals surface area contributed by atoms with Crippen LogP contribution >= 0.6 is 0 Å². The fourth-order valence-corrected chi connectivity index (χ4v) is 4.15. The van der Waals surface area contributed by atoms with E-state index in [4.69, 9.17) is 15.2 Å². The largest absolute Gasteiger partial charge is 0.483 e. The summed E-state index contributed by atoms with van der Waals surface area (Å²) < 4.78 is 1.93. The number of likely N-dealkylation sites (tertiary alicyclic amines) is 1. The SMILES string of the molecule is CC1(C#N)CCCN(C(=O)c2cn3c(n2)CCN(C(=O)c2cc(C#N)c[nH]2)CC3)C1.O=CO. The first-order valence-electron chi connectivity index (χ1n) is 10.6. The molecular weight excluding hydrogens is 426 g/mol. The van der Waals surface area contributed by atoms with Crippen LogP contribution in [-0.2, 0) is 17.8 Å². The van der Waals surface area contributed by atoms with Crippen molar-refractivity contribution < 1.29 is 19.5 Å². The van der Waals surface area contributed by atoms with Crippen molar-refractivity contribution in [2.24, 2.45) is 5.41 Å². The molecule has 0 radical (unpaired) electrons. The second kappa shape index (κ2) is 10.0. The van der Waals surface area contributed by atoms with Crippen LogP contribution in [0.1, 0.15) is 52.1 Å². The lowest BCUT2D eigenvalue weighted by Gasteiger charge is -2.35. The van der Waals surface area contributed by atoms with E-state index in [2.05, 4.69) is 16.0 Å². The normalized spacial score (nSPS) is 19.7. The average Bonchev–Trinajstić information content (AvgIpc) is 3.42. The van der Waals surface area contributed by atoms with Gasteiger partial charge in [-0.2, -0.15) is 10.5 Å². The molecule has 2 N–H and O–H groups in total. The summed E-state index contributed by atoms with van der Waals surface area (Å²) in [5.41, 5.74) is 0.714. The minimum Gasteiger partial charge on any atom is -0.483 e. The molecule has 0 aromatic carbocycles. The van der Waals surface area contributed by atoms with E-state index in [0.29, 0.717) is 56.1 Å². The van der Waals surface area contributed by atoms with E-state index >= 15 is 0 Å². The standard InChI is InChI=1S/C21H23N7O2.CH2O2/c1-21(13-23)4-2-5-28(14-21)20(30)17-12-27-8-7-26(6-3-18(27)25-17)19(29)16-9-15(10-22)11-24-16;2-1-3/h9,11-12,24H,2-8,14H2,1H3;1H,(H,2,3). The van der Waals surface area contributed by atoms with Crippen LogP contribution in [0.5, 0.6) is 0 Å². The Bertz CT molecular complexity index is 1100. The minimum atomic E-state index is -0.505. The number of aromatic nitrogens is 3. The van der Waals surface area contributed by atoms with Crippen molar-refractivity contribution >= 4 is 18.3 Å². The molecule has 4 heterocycles. The highest BCUT2D eigenvalue weighted by Gasteiger charge is 2.34. The molecule has 4 rings (SSSR count). The van der Waals surface area contributed by atoms with Gasteiger partial charge in [0, 0.05) is 51.5 Å². The molecule has 2 aromatic heterocycles. The molecule has 172 valence electrons. The summed E-state index contributed by atoms with van der Waals surface area (Å²) in [6.45, 7) is 4.23. The van der Waals surface area contributed by atoms with Gasteiger partial charge in [0.25, 0.3) is 18.3 Å². The maximum absolute atomic E-state index is 12.9. The van der Waals surface area contributed by atoms with Crippen LogP contribution in [0.2, 0.25) is 0 Å². The Balaban J connectivity index is 0.000000968. The van der Waals surface area contributed by atoms with Gasteiger partial charge < -0.3 is 24.5 Å². The van der Waals surface area contributed by atoms with Crippen molar-refractivity contribution in [1.82, 2.24) is 24.3 Å². The van der Waals surface area contributed by atoms with Crippen LogP contribution in [0, 0.1) is 28.1 Å². The highest BCUT2D eigenvalue weighted by molar-refractivity contribution is 5.93. The molecule has 0 bridgehead atoms. The van der Waals surface area contributed by atoms with Crippen LogP contribution in [0.4, 0.5) is 0 Å². The Morgan fingerprint density at radius 1 is 1.21 bits per heavy atom. The van der Waals surface area contributed by atoms with Gasteiger partial charge in [0.1, 0.15) is 23.3 Å². The van der Waals surface area contributed by atoms with Gasteiger partial charge in [-0.25, -0.2) is 4.98 Å². The molecule has 1 unspecified atom stereocenters. The number of amides is 2. The molecule has 1 saturated heterocycles. The van der Waals surface area contributed by atoms with Crippen LogP contribution < -0.4 is 0 Å². The molecule has 11 heteroatoms. The molecule has 2 amide bonds. The minimum absolute atomic E-state index is 0.139. The zero-order valence-corrected chi connectivity index (χ0v) is 18.3. The first kappa shape index (κ1) is 23.5. The van der Waals surface area contributed by atoms with Crippen molar-refractivity contribution in [3.63, 3.8) is 0 Å². The van der Waals surface area contributed by atoms with Crippen LogP contribution in [0.3, 0.4) is 0 Å². The fraction of sp³-hybridized carbons (Fsp3) is 0.455. The lowest BCUT2D eigenvalue weighted by Crippen LogP contribution is -2.44. The van der Waals surface area contributed by atoms with E-state index < -0.39 is 5.41 Å². The first-order valence-corrected chi connectivity index (χ1v) is 10.6. The third kappa shape index (κ3) is 5.21. The van der Waals surface area contributed by atoms with E-state index in [1.165, 1.54) is 6.20 Å². The number of carboxylic acid groups (broad SMARTS) is 1.